The third kappa shape index (κ3) is 4.74. The minimum atomic E-state index is 0.511. The number of methoxy groups -OCH3 is 2. The van der Waals surface area contributed by atoms with Gasteiger partial charge in [0.1, 0.15) is 11.5 Å². The van der Waals surface area contributed by atoms with Crippen molar-refractivity contribution in [2.45, 2.75) is 27.1 Å². The van der Waals surface area contributed by atoms with Crippen LogP contribution in [0.1, 0.15) is 36.1 Å². The molecule has 0 fully saturated rings. The van der Waals surface area contributed by atoms with E-state index in [1.165, 1.54) is 0 Å². The van der Waals surface area contributed by atoms with Gasteiger partial charge in [-0.15, -0.1) is 0 Å². The second-order valence-corrected chi connectivity index (χ2v) is 6.12. The van der Waals surface area contributed by atoms with Crippen molar-refractivity contribution in [1.82, 2.24) is 0 Å². The molecular weight excluding hydrogens is 312 g/mol. The standard InChI is InChI=1S/C22H26O3/c1-15(2)19-9-7-17(11-21(19)23-5)13-25-14-18-8-10-20(16(3)4)22(12-18)24-6/h7-12H,1,3,13-14H2,2,4-6H3. The highest BCUT2D eigenvalue weighted by Gasteiger charge is 2.07. The van der Waals surface area contributed by atoms with Crippen LogP contribution in [0.2, 0.25) is 0 Å². The predicted molar refractivity (Wildman–Crippen MR) is 104 cm³/mol. The first-order chi connectivity index (χ1) is 12.0. The molecule has 0 saturated heterocycles. The van der Waals surface area contributed by atoms with Crippen LogP contribution in [0, 0.1) is 0 Å². The van der Waals surface area contributed by atoms with Gasteiger partial charge in [0.15, 0.2) is 0 Å². The highest BCUT2D eigenvalue weighted by Crippen LogP contribution is 2.28. The Morgan fingerprint density at radius 3 is 1.48 bits per heavy atom. The molecule has 2 aromatic carbocycles. The summed E-state index contributed by atoms with van der Waals surface area (Å²) >= 11 is 0. The fraction of sp³-hybridized carbons (Fsp3) is 0.273. The molecule has 3 heteroatoms. The molecule has 2 aromatic rings. The van der Waals surface area contributed by atoms with E-state index in [1.54, 1.807) is 14.2 Å². The van der Waals surface area contributed by atoms with Gasteiger partial charge < -0.3 is 14.2 Å². The number of benzene rings is 2. The Balaban J connectivity index is 2.03. The number of allylic oxidation sites excluding steroid dienone is 2. The van der Waals surface area contributed by atoms with Crippen molar-refractivity contribution in [3.63, 3.8) is 0 Å². The predicted octanol–water partition coefficient (Wildman–Crippen LogP) is 5.49. The summed E-state index contributed by atoms with van der Waals surface area (Å²) in [4.78, 5) is 0. The highest BCUT2D eigenvalue weighted by atomic mass is 16.5. The van der Waals surface area contributed by atoms with E-state index in [0.29, 0.717) is 13.2 Å². The minimum absolute atomic E-state index is 0.511. The second-order valence-electron chi connectivity index (χ2n) is 6.12. The fourth-order valence-corrected chi connectivity index (χ4v) is 2.64. The largest absolute Gasteiger partial charge is 0.496 e. The van der Waals surface area contributed by atoms with Gasteiger partial charge in [0.25, 0.3) is 0 Å². The van der Waals surface area contributed by atoms with Crippen molar-refractivity contribution in [2.75, 3.05) is 14.2 Å². The minimum Gasteiger partial charge on any atom is -0.496 e. The Kier molecular flexibility index (Phi) is 6.43. The first-order valence-electron chi connectivity index (χ1n) is 8.19. The molecule has 0 radical (unpaired) electrons. The van der Waals surface area contributed by atoms with Gasteiger partial charge in [0.05, 0.1) is 27.4 Å². The zero-order valence-electron chi connectivity index (χ0n) is 15.5. The SMILES string of the molecule is C=C(C)c1ccc(COCc2ccc(C(=C)C)c(OC)c2)cc1OC. The van der Waals surface area contributed by atoms with Crippen LogP contribution in [0.15, 0.2) is 49.6 Å². The summed E-state index contributed by atoms with van der Waals surface area (Å²) in [5.41, 5.74) is 6.13. The van der Waals surface area contributed by atoms with Crippen LogP contribution in [0.25, 0.3) is 11.1 Å². The van der Waals surface area contributed by atoms with E-state index in [9.17, 15) is 0 Å². The Bertz CT molecular complexity index is 709. The summed E-state index contributed by atoms with van der Waals surface area (Å²) in [7, 11) is 3.34. The maximum atomic E-state index is 5.85. The summed E-state index contributed by atoms with van der Waals surface area (Å²) in [5, 5.41) is 0. The molecule has 0 aromatic heterocycles. The monoisotopic (exact) mass is 338 g/mol. The lowest BCUT2D eigenvalue weighted by molar-refractivity contribution is 0.107. The van der Waals surface area contributed by atoms with Gasteiger partial charge in [-0.2, -0.15) is 0 Å². The van der Waals surface area contributed by atoms with Crippen LogP contribution < -0.4 is 9.47 Å². The molecule has 0 aliphatic rings. The van der Waals surface area contributed by atoms with Gasteiger partial charge in [-0.25, -0.2) is 0 Å². The highest BCUT2D eigenvalue weighted by molar-refractivity contribution is 5.68. The Hall–Kier alpha value is -2.52. The molecule has 0 unspecified atom stereocenters. The number of rotatable bonds is 8. The zero-order valence-corrected chi connectivity index (χ0v) is 15.5. The summed E-state index contributed by atoms with van der Waals surface area (Å²) < 4.78 is 16.7. The fourth-order valence-electron chi connectivity index (χ4n) is 2.64. The smallest absolute Gasteiger partial charge is 0.126 e. The van der Waals surface area contributed by atoms with E-state index < -0.39 is 0 Å². The number of hydrogen-bond donors (Lipinski definition) is 0. The average molecular weight is 338 g/mol. The van der Waals surface area contributed by atoms with Crippen LogP contribution in [0.3, 0.4) is 0 Å². The summed E-state index contributed by atoms with van der Waals surface area (Å²) in [6.07, 6.45) is 0. The lowest BCUT2D eigenvalue weighted by Crippen LogP contribution is -1.98. The van der Waals surface area contributed by atoms with Crippen molar-refractivity contribution in [2.24, 2.45) is 0 Å². The first-order valence-corrected chi connectivity index (χ1v) is 8.19. The third-order valence-corrected chi connectivity index (χ3v) is 3.99. The molecule has 0 amide bonds. The Morgan fingerprint density at radius 2 is 1.16 bits per heavy atom. The molecule has 0 N–H and O–H groups in total. The quantitative estimate of drug-likeness (QED) is 0.637. The van der Waals surface area contributed by atoms with E-state index in [0.717, 1.165) is 44.9 Å². The first kappa shape index (κ1) is 18.8. The topological polar surface area (TPSA) is 27.7 Å². The lowest BCUT2D eigenvalue weighted by Gasteiger charge is -2.12. The van der Waals surface area contributed by atoms with E-state index in [1.807, 2.05) is 50.2 Å². The zero-order chi connectivity index (χ0) is 18.4. The van der Waals surface area contributed by atoms with Gasteiger partial charge in [-0.05, 0) is 48.3 Å². The van der Waals surface area contributed by atoms with E-state index in [-0.39, 0.29) is 0 Å². The number of ether oxygens (including phenoxy) is 3. The molecule has 0 saturated carbocycles. The average Bonchev–Trinajstić information content (AvgIpc) is 2.60. The van der Waals surface area contributed by atoms with Gasteiger partial charge in [-0.3, -0.25) is 0 Å². The van der Waals surface area contributed by atoms with Crippen LogP contribution in [0.4, 0.5) is 0 Å². The maximum absolute atomic E-state index is 5.85. The molecule has 2 rings (SSSR count). The molecule has 0 aliphatic heterocycles. The summed E-state index contributed by atoms with van der Waals surface area (Å²) in [6, 6.07) is 12.1. The van der Waals surface area contributed by atoms with E-state index >= 15 is 0 Å². The molecule has 0 aliphatic carbocycles. The van der Waals surface area contributed by atoms with Crippen LogP contribution in [-0.2, 0) is 18.0 Å². The molecule has 25 heavy (non-hydrogen) atoms. The van der Waals surface area contributed by atoms with Crippen molar-refractivity contribution < 1.29 is 14.2 Å². The summed E-state index contributed by atoms with van der Waals surface area (Å²) in [5.74, 6) is 1.64. The van der Waals surface area contributed by atoms with Crippen molar-refractivity contribution in [3.05, 3.63) is 71.8 Å². The molecule has 0 bridgehead atoms. The van der Waals surface area contributed by atoms with Crippen LogP contribution >= 0.6 is 0 Å². The molecule has 3 nitrogen and oxygen atoms in total. The van der Waals surface area contributed by atoms with Crippen molar-refractivity contribution >= 4 is 11.1 Å². The Morgan fingerprint density at radius 1 is 0.760 bits per heavy atom. The van der Waals surface area contributed by atoms with Crippen molar-refractivity contribution in [1.29, 1.82) is 0 Å². The van der Waals surface area contributed by atoms with Crippen LogP contribution in [-0.4, -0.2) is 14.2 Å². The van der Waals surface area contributed by atoms with Crippen molar-refractivity contribution in [3.8, 4) is 11.5 Å². The summed E-state index contributed by atoms with van der Waals surface area (Å²) in [6.45, 7) is 12.9. The van der Waals surface area contributed by atoms with E-state index in [4.69, 9.17) is 14.2 Å². The third-order valence-electron chi connectivity index (χ3n) is 3.99. The molecule has 0 spiro atoms. The maximum Gasteiger partial charge on any atom is 0.126 e. The molecular formula is C22H26O3. The van der Waals surface area contributed by atoms with E-state index in [2.05, 4.69) is 13.2 Å². The van der Waals surface area contributed by atoms with Gasteiger partial charge >= 0.3 is 0 Å². The second kappa shape index (κ2) is 8.54. The van der Waals surface area contributed by atoms with Gasteiger partial charge in [0, 0.05) is 11.1 Å². The Labute approximate surface area is 150 Å². The van der Waals surface area contributed by atoms with Gasteiger partial charge in [0.2, 0.25) is 0 Å². The normalized spacial score (nSPS) is 10.4. The molecule has 0 atom stereocenters. The lowest BCUT2D eigenvalue weighted by atomic mass is 10.0. The number of hydrogen-bond acceptors (Lipinski definition) is 3. The van der Waals surface area contributed by atoms with Crippen LogP contribution in [0.5, 0.6) is 11.5 Å². The molecule has 132 valence electrons. The van der Waals surface area contributed by atoms with Gasteiger partial charge in [-0.1, -0.05) is 37.4 Å². The molecule has 0 heterocycles.